The van der Waals surface area contributed by atoms with Crippen molar-refractivity contribution in [1.82, 2.24) is 18.9 Å². The molecule has 0 aliphatic rings. The van der Waals surface area contributed by atoms with Crippen molar-refractivity contribution in [3.05, 3.63) is 70.0 Å². The number of rotatable bonds is 5. The van der Waals surface area contributed by atoms with Crippen LogP contribution < -0.4 is 10.9 Å². The fourth-order valence-electron chi connectivity index (χ4n) is 3.00. The van der Waals surface area contributed by atoms with Crippen LogP contribution in [0.4, 0.5) is 5.69 Å². The first-order valence-electron chi connectivity index (χ1n) is 8.91. The quantitative estimate of drug-likeness (QED) is 0.525. The van der Waals surface area contributed by atoms with Crippen molar-refractivity contribution in [1.29, 1.82) is 0 Å². The van der Waals surface area contributed by atoms with Gasteiger partial charge in [0.1, 0.15) is 28.3 Å². The minimum atomic E-state index is -0.330. The Morgan fingerprint density at radius 1 is 1.24 bits per heavy atom. The second-order valence-corrected chi connectivity index (χ2v) is 7.49. The van der Waals surface area contributed by atoms with Crippen molar-refractivity contribution in [2.75, 3.05) is 5.32 Å². The number of hydrogen-bond acceptors (Lipinski definition) is 6. The average Bonchev–Trinajstić information content (AvgIpc) is 3.14. The van der Waals surface area contributed by atoms with Crippen molar-refractivity contribution in [2.45, 2.75) is 19.9 Å². The molecular weight excluding hydrogens is 410 g/mol. The maximum atomic E-state index is 13.1. The molecule has 0 aliphatic carbocycles. The number of nitrogens with one attached hydrogen (secondary N) is 1. The summed E-state index contributed by atoms with van der Waals surface area (Å²) in [4.78, 5) is 34.3. The summed E-state index contributed by atoms with van der Waals surface area (Å²) in [7, 11) is 0. The Hall–Kier alpha value is -3.10. The molecule has 4 aromatic rings. The predicted octanol–water partition coefficient (Wildman–Crippen LogP) is 3.77. The number of amides is 1. The van der Waals surface area contributed by atoms with Crippen LogP contribution in [0.25, 0.3) is 21.5 Å². The molecular formula is C20H16ClN5O2S. The van der Waals surface area contributed by atoms with Gasteiger partial charge in [-0.3, -0.25) is 19.1 Å². The number of aromatic nitrogens is 4. The summed E-state index contributed by atoms with van der Waals surface area (Å²) in [6.45, 7) is 1.75. The number of carbonyl (C=O) groups excluding carboxylic acids is 1. The first-order valence-corrected chi connectivity index (χ1v) is 10.1. The Bertz CT molecular complexity index is 1250. The number of carbonyl (C=O) groups is 1. The molecule has 1 amide bonds. The molecule has 9 heteroatoms. The second kappa shape index (κ2) is 8.10. The van der Waals surface area contributed by atoms with E-state index in [1.54, 1.807) is 36.7 Å². The van der Waals surface area contributed by atoms with Gasteiger partial charge >= 0.3 is 0 Å². The fraction of sp³-hybridized carbons (Fsp3) is 0.150. The molecule has 29 heavy (non-hydrogen) atoms. The van der Waals surface area contributed by atoms with Gasteiger partial charge in [-0.15, -0.1) is 0 Å². The molecule has 7 nitrogen and oxygen atoms in total. The highest BCUT2D eigenvalue weighted by Crippen LogP contribution is 2.27. The summed E-state index contributed by atoms with van der Waals surface area (Å²) in [6, 6.07) is 10.5. The third-order valence-corrected chi connectivity index (χ3v) is 5.40. The van der Waals surface area contributed by atoms with Crippen LogP contribution in [0.2, 0.25) is 5.02 Å². The van der Waals surface area contributed by atoms with Crippen LogP contribution in [0.15, 0.2) is 53.6 Å². The highest BCUT2D eigenvalue weighted by Gasteiger charge is 2.19. The lowest BCUT2D eigenvalue weighted by molar-refractivity contribution is -0.116. The molecule has 3 heterocycles. The van der Waals surface area contributed by atoms with E-state index in [2.05, 4.69) is 19.7 Å². The smallest absolute Gasteiger partial charge is 0.273 e. The third kappa shape index (κ3) is 3.90. The van der Waals surface area contributed by atoms with Crippen LogP contribution in [-0.2, 0) is 17.8 Å². The first kappa shape index (κ1) is 19.2. The normalized spacial score (nSPS) is 11.0. The highest BCUT2D eigenvalue weighted by atomic mass is 35.5. The number of fused-ring (bicyclic) bond motifs is 1. The first-order chi connectivity index (χ1) is 14.1. The van der Waals surface area contributed by atoms with Crippen molar-refractivity contribution in [3.63, 3.8) is 0 Å². The summed E-state index contributed by atoms with van der Waals surface area (Å²) in [5.41, 5.74) is 2.34. The van der Waals surface area contributed by atoms with Gasteiger partial charge in [-0.2, -0.15) is 4.37 Å². The minimum absolute atomic E-state index is 0.139. The molecule has 0 aliphatic heterocycles. The van der Waals surface area contributed by atoms with E-state index in [4.69, 9.17) is 11.6 Å². The summed E-state index contributed by atoms with van der Waals surface area (Å²) in [5, 5.41) is 3.28. The van der Waals surface area contributed by atoms with Crippen molar-refractivity contribution in [3.8, 4) is 11.3 Å². The standard InChI is InChI=1S/C20H16ClN5O2S/c1-2-15-24-18-17(12-6-8-22-9-7-12)25-29-19(18)20(28)26(15)11-16(27)23-14-5-3-4-13(21)10-14/h3-10H,2,11H2,1H3,(H,23,27). The molecule has 1 N–H and O–H groups in total. The Labute approximate surface area is 175 Å². The molecule has 0 saturated heterocycles. The van der Waals surface area contributed by atoms with E-state index in [0.717, 1.165) is 17.1 Å². The van der Waals surface area contributed by atoms with Crippen molar-refractivity contribution in [2.24, 2.45) is 0 Å². The SMILES string of the molecule is CCc1nc2c(-c3ccncc3)nsc2c(=O)n1CC(=O)Nc1cccc(Cl)c1. The summed E-state index contributed by atoms with van der Waals surface area (Å²) < 4.78 is 6.24. The average molecular weight is 426 g/mol. The Kier molecular flexibility index (Phi) is 5.37. The van der Waals surface area contributed by atoms with E-state index < -0.39 is 0 Å². The molecule has 0 fully saturated rings. The lowest BCUT2D eigenvalue weighted by Crippen LogP contribution is -2.30. The van der Waals surface area contributed by atoms with Gasteiger partial charge < -0.3 is 5.32 Å². The zero-order chi connectivity index (χ0) is 20.4. The Balaban J connectivity index is 1.70. The molecule has 3 aromatic heterocycles. The van der Waals surface area contributed by atoms with E-state index in [9.17, 15) is 9.59 Å². The number of aryl methyl sites for hydroxylation is 1. The highest BCUT2D eigenvalue weighted by molar-refractivity contribution is 7.13. The molecule has 0 atom stereocenters. The third-order valence-electron chi connectivity index (χ3n) is 4.34. The van der Waals surface area contributed by atoms with Crippen molar-refractivity contribution >= 4 is 44.9 Å². The molecule has 0 spiro atoms. The van der Waals surface area contributed by atoms with Crippen LogP contribution in [0.1, 0.15) is 12.7 Å². The van der Waals surface area contributed by atoms with E-state index in [-0.39, 0.29) is 18.0 Å². The topological polar surface area (TPSA) is 89.8 Å². The Morgan fingerprint density at radius 3 is 2.76 bits per heavy atom. The molecule has 0 unspecified atom stereocenters. The van der Waals surface area contributed by atoms with Gasteiger partial charge in [-0.1, -0.05) is 24.6 Å². The summed E-state index contributed by atoms with van der Waals surface area (Å²) in [6.07, 6.45) is 3.84. The van der Waals surface area contributed by atoms with Crippen molar-refractivity contribution < 1.29 is 4.79 Å². The van der Waals surface area contributed by atoms with Crippen LogP contribution in [0.5, 0.6) is 0 Å². The molecule has 4 rings (SSSR count). The van der Waals surface area contributed by atoms with Gasteiger partial charge in [0.15, 0.2) is 0 Å². The maximum Gasteiger partial charge on any atom is 0.273 e. The number of halogens is 1. The van der Waals surface area contributed by atoms with Gasteiger partial charge in [0, 0.05) is 35.1 Å². The Morgan fingerprint density at radius 2 is 2.03 bits per heavy atom. The molecule has 0 bridgehead atoms. The second-order valence-electron chi connectivity index (χ2n) is 6.28. The number of nitrogens with zero attached hydrogens (tertiary/aromatic N) is 4. The molecule has 1 aromatic carbocycles. The summed E-state index contributed by atoms with van der Waals surface area (Å²) >= 11 is 7.04. The van der Waals surface area contributed by atoms with Crippen LogP contribution in [0, 0.1) is 0 Å². The molecule has 146 valence electrons. The number of anilines is 1. The van der Waals surface area contributed by atoms with Crippen LogP contribution in [-0.4, -0.2) is 24.8 Å². The maximum absolute atomic E-state index is 13.1. The van der Waals surface area contributed by atoms with Crippen LogP contribution in [0.3, 0.4) is 0 Å². The summed E-state index contributed by atoms with van der Waals surface area (Å²) in [5.74, 6) is 0.198. The van der Waals surface area contributed by atoms with Gasteiger partial charge in [-0.25, -0.2) is 4.98 Å². The zero-order valence-corrected chi connectivity index (χ0v) is 17.0. The zero-order valence-electron chi connectivity index (χ0n) is 15.4. The predicted molar refractivity (Wildman–Crippen MR) is 114 cm³/mol. The lowest BCUT2D eigenvalue weighted by atomic mass is 10.2. The van der Waals surface area contributed by atoms with E-state index in [0.29, 0.717) is 38.9 Å². The number of hydrogen-bond donors (Lipinski definition) is 1. The van der Waals surface area contributed by atoms with Crippen LogP contribution >= 0.6 is 23.1 Å². The van der Waals surface area contributed by atoms with E-state index in [1.165, 1.54) is 4.57 Å². The number of benzene rings is 1. The molecule has 0 radical (unpaired) electrons. The lowest BCUT2D eigenvalue weighted by Gasteiger charge is -2.12. The largest absolute Gasteiger partial charge is 0.324 e. The van der Waals surface area contributed by atoms with Gasteiger partial charge in [-0.05, 0) is 41.9 Å². The number of pyridine rings is 1. The minimum Gasteiger partial charge on any atom is -0.324 e. The fourth-order valence-corrected chi connectivity index (χ4v) is 3.98. The van der Waals surface area contributed by atoms with Gasteiger partial charge in [0.2, 0.25) is 5.91 Å². The molecule has 0 saturated carbocycles. The van der Waals surface area contributed by atoms with E-state index in [1.807, 2.05) is 19.1 Å². The van der Waals surface area contributed by atoms with E-state index >= 15 is 0 Å². The monoisotopic (exact) mass is 425 g/mol. The van der Waals surface area contributed by atoms with Gasteiger partial charge in [0.05, 0.1) is 0 Å². The van der Waals surface area contributed by atoms with Gasteiger partial charge in [0.25, 0.3) is 5.56 Å².